The summed E-state index contributed by atoms with van der Waals surface area (Å²) in [5, 5.41) is 19.0. The number of carboxylic acids is 1. The first-order valence-electron chi connectivity index (χ1n) is 5.96. The van der Waals surface area contributed by atoms with Gasteiger partial charge in [0.05, 0.1) is 11.9 Å². The van der Waals surface area contributed by atoms with E-state index < -0.39 is 12.1 Å². The molecule has 0 radical (unpaired) electrons. The van der Waals surface area contributed by atoms with Crippen LogP contribution in [0.15, 0.2) is 18.3 Å². The van der Waals surface area contributed by atoms with Crippen LogP contribution in [0.1, 0.15) is 5.69 Å². The molecule has 2 rings (SSSR count). The number of carbonyl (C=O) groups is 1. The second-order valence-electron chi connectivity index (χ2n) is 4.05. The third-order valence-corrected chi connectivity index (χ3v) is 2.59. The highest BCUT2D eigenvalue weighted by Gasteiger charge is 2.38. The fraction of sp³-hybridized carbons (Fsp3) is 0.417. The molecular weight excluding hydrogens is 289 g/mol. The van der Waals surface area contributed by atoms with Gasteiger partial charge in [-0.2, -0.15) is 18.4 Å². The van der Waals surface area contributed by atoms with E-state index >= 15 is 0 Å². The monoisotopic (exact) mass is 302 g/mol. The summed E-state index contributed by atoms with van der Waals surface area (Å²) in [5.41, 5.74) is 1.58. The molecule has 1 fully saturated rings. The average molecular weight is 302 g/mol. The third-order valence-electron chi connectivity index (χ3n) is 2.59. The molecule has 21 heavy (non-hydrogen) atoms. The zero-order valence-electron chi connectivity index (χ0n) is 10.9. The largest absolute Gasteiger partial charge is 0.490 e. The van der Waals surface area contributed by atoms with Crippen LogP contribution in [0.4, 0.5) is 18.9 Å². The van der Waals surface area contributed by atoms with Crippen molar-refractivity contribution in [3.63, 3.8) is 0 Å². The van der Waals surface area contributed by atoms with E-state index in [4.69, 9.17) is 15.2 Å². The molecule has 2 N–H and O–H groups in total. The molecule has 6 nitrogen and oxygen atoms in total. The molecule has 0 aliphatic carbocycles. The first-order valence-corrected chi connectivity index (χ1v) is 5.96. The van der Waals surface area contributed by atoms with Crippen molar-refractivity contribution in [2.75, 3.05) is 31.1 Å². The Hall–Kier alpha value is -2.34. The maximum atomic E-state index is 10.6. The first-order chi connectivity index (χ1) is 9.84. The van der Waals surface area contributed by atoms with Crippen LogP contribution in [0.5, 0.6) is 0 Å². The fourth-order valence-corrected chi connectivity index (χ4v) is 1.56. The topological polar surface area (TPSA) is 89.3 Å². The van der Waals surface area contributed by atoms with Crippen LogP contribution < -0.4 is 10.2 Å². The highest BCUT2D eigenvalue weighted by Crippen LogP contribution is 2.13. The normalized spacial score (nSPS) is 14.7. The predicted molar refractivity (Wildman–Crippen MR) is 67.7 cm³/mol. The van der Waals surface area contributed by atoms with Crippen molar-refractivity contribution in [3.8, 4) is 6.07 Å². The number of anilines is 1. The molecule has 0 bridgehead atoms. The molecule has 0 aromatic carbocycles. The number of halogens is 3. The fourth-order valence-electron chi connectivity index (χ4n) is 1.56. The standard InChI is InChI=1S/C10H12N4.C2HF3O2/c11-7-9-1-2-10(8-13-9)14-5-3-12-4-6-14;3-2(4,5)1(6)7/h1-2,8,12H,3-6H2;(H,6,7). The van der Waals surface area contributed by atoms with Gasteiger partial charge in [0, 0.05) is 26.2 Å². The molecule has 1 aromatic rings. The highest BCUT2D eigenvalue weighted by atomic mass is 19.4. The van der Waals surface area contributed by atoms with E-state index in [2.05, 4.69) is 15.2 Å². The Balaban J connectivity index is 0.000000270. The highest BCUT2D eigenvalue weighted by molar-refractivity contribution is 5.73. The number of hydrogen-bond acceptors (Lipinski definition) is 5. The minimum absolute atomic E-state index is 0.476. The summed E-state index contributed by atoms with van der Waals surface area (Å²) in [6, 6.07) is 5.73. The second kappa shape index (κ2) is 7.44. The van der Waals surface area contributed by atoms with E-state index in [1.54, 1.807) is 12.3 Å². The molecule has 114 valence electrons. The zero-order valence-corrected chi connectivity index (χ0v) is 10.9. The van der Waals surface area contributed by atoms with Gasteiger partial charge in [0.1, 0.15) is 11.8 Å². The number of pyridine rings is 1. The van der Waals surface area contributed by atoms with Crippen LogP contribution in [0.3, 0.4) is 0 Å². The van der Waals surface area contributed by atoms with Crippen molar-refractivity contribution in [2.24, 2.45) is 0 Å². The van der Waals surface area contributed by atoms with E-state index in [-0.39, 0.29) is 0 Å². The van der Waals surface area contributed by atoms with Gasteiger partial charge in [0.2, 0.25) is 0 Å². The van der Waals surface area contributed by atoms with Crippen LogP contribution in [0.25, 0.3) is 0 Å². The van der Waals surface area contributed by atoms with E-state index in [0.717, 1.165) is 31.9 Å². The molecule has 2 heterocycles. The number of aromatic nitrogens is 1. The zero-order chi connectivity index (χ0) is 15.9. The lowest BCUT2D eigenvalue weighted by Gasteiger charge is -2.28. The van der Waals surface area contributed by atoms with Crippen molar-refractivity contribution in [1.29, 1.82) is 5.26 Å². The van der Waals surface area contributed by atoms with Crippen LogP contribution in [0.2, 0.25) is 0 Å². The summed E-state index contributed by atoms with van der Waals surface area (Å²) in [4.78, 5) is 15.2. The second-order valence-corrected chi connectivity index (χ2v) is 4.05. The molecule has 9 heteroatoms. The van der Waals surface area contributed by atoms with Gasteiger partial charge >= 0.3 is 12.1 Å². The van der Waals surface area contributed by atoms with E-state index in [1.165, 1.54) is 0 Å². The Kier molecular flexibility index (Phi) is 5.92. The van der Waals surface area contributed by atoms with Crippen LogP contribution >= 0.6 is 0 Å². The first kappa shape index (κ1) is 16.7. The number of hydrogen-bond donors (Lipinski definition) is 2. The number of aliphatic carboxylic acids is 1. The van der Waals surface area contributed by atoms with Gasteiger partial charge in [0.15, 0.2) is 0 Å². The van der Waals surface area contributed by atoms with E-state index in [0.29, 0.717) is 5.69 Å². The summed E-state index contributed by atoms with van der Waals surface area (Å²) < 4.78 is 31.7. The Bertz CT molecular complexity index is 505. The molecule has 0 atom stereocenters. The number of alkyl halides is 3. The number of nitriles is 1. The van der Waals surface area contributed by atoms with Crippen molar-refractivity contribution in [2.45, 2.75) is 6.18 Å². The van der Waals surface area contributed by atoms with Gasteiger partial charge in [0.25, 0.3) is 0 Å². The Labute approximate surface area is 118 Å². The molecule has 1 aliphatic heterocycles. The molecule has 1 aromatic heterocycles. The van der Waals surface area contributed by atoms with Crippen molar-refractivity contribution in [3.05, 3.63) is 24.0 Å². The molecule has 0 saturated carbocycles. The van der Waals surface area contributed by atoms with Gasteiger partial charge in [-0.05, 0) is 12.1 Å². The minimum atomic E-state index is -5.08. The number of nitrogens with one attached hydrogen (secondary N) is 1. The minimum Gasteiger partial charge on any atom is -0.475 e. The van der Waals surface area contributed by atoms with Gasteiger partial charge in [-0.15, -0.1) is 0 Å². The Morgan fingerprint density at radius 3 is 2.33 bits per heavy atom. The van der Waals surface area contributed by atoms with Gasteiger partial charge in [-0.3, -0.25) is 0 Å². The Morgan fingerprint density at radius 1 is 1.38 bits per heavy atom. The molecule has 0 amide bonds. The molecular formula is C12H13F3N4O2. The summed E-state index contributed by atoms with van der Waals surface area (Å²) >= 11 is 0. The van der Waals surface area contributed by atoms with Crippen molar-refractivity contribution in [1.82, 2.24) is 10.3 Å². The summed E-state index contributed by atoms with van der Waals surface area (Å²) in [7, 11) is 0. The number of carboxylic acid groups (broad SMARTS) is 1. The SMILES string of the molecule is N#Cc1ccc(N2CCNCC2)cn1.O=C(O)C(F)(F)F. The lowest BCUT2D eigenvalue weighted by molar-refractivity contribution is -0.192. The van der Waals surface area contributed by atoms with Crippen LogP contribution in [-0.4, -0.2) is 48.4 Å². The lowest BCUT2D eigenvalue weighted by atomic mass is 10.3. The molecule has 1 saturated heterocycles. The summed E-state index contributed by atoms with van der Waals surface area (Å²) in [6.45, 7) is 4.04. The Morgan fingerprint density at radius 2 is 1.95 bits per heavy atom. The van der Waals surface area contributed by atoms with E-state index in [1.807, 2.05) is 12.1 Å². The third kappa shape index (κ3) is 5.66. The van der Waals surface area contributed by atoms with Gasteiger partial charge in [-0.25, -0.2) is 9.78 Å². The number of nitrogens with zero attached hydrogens (tertiary/aromatic N) is 3. The molecule has 0 unspecified atom stereocenters. The molecule has 1 aliphatic rings. The van der Waals surface area contributed by atoms with Crippen LogP contribution in [-0.2, 0) is 4.79 Å². The lowest BCUT2D eigenvalue weighted by Crippen LogP contribution is -2.43. The van der Waals surface area contributed by atoms with Gasteiger partial charge in [-0.1, -0.05) is 0 Å². The predicted octanol–water partition coefficient (Wildman–Crippen LogP) is 0.996. The quantitative estimate of drug-likeness (QED) is 0.804. The number of rotatable bonds is 1. The van der Waals surface area contributed by atoms with Crippen molar-refractivity contribution >= 4 is 11.7 Å². The maximum absolute atomic E-state index is 10.6. The number of piperazine rings is 1. The van der Waals surface area contributed by atoms with Crippen LogP contribution in [0, 0.1) is 11.3 Å². The smallest absolute Gasteiger partial charge is 0.475 e. The molecule has 0 spiro atoms. The summed E-state index contributed by atoms with van der Waals surface area (Å²) in [5.74, 6) is -2.76. The average Bonchev–Trinajstić information content (AvgIpc) is 2.48. The van der Waals surface area contributed by atoms with Crippen molar-refractivity contribution < 1.29 is 23.1 Å². The van der Waals surface area contributed by atoms with Gasteiger partial charge < -0.3 is 15.3 Å². The summed E-state index contributed by atoms with van der Waals surface area (Å²) in [6.07, 6.45) is -3.32. The maximum Gasteiger partial charge on any atom is 0.490 e. The van der Waals surface area contributed by atoms with E-state index in [9.17, 15) is 13.2 Å².